The minimum Gasteiger partial charge on any atom is -0.478 e. The van der Waals surface area contributed by atoms with Gasteiger partial charge in [0.2, 0.25) is 0 Å². The normalized spacial score (nSPS) is 20.0. The quantitative estimate of drug-likeness (QED) is 0.568. The Labute approximate surface area is 54.2 Å². The van der Waals surface area contributed by atoms with Crippen LogP contribution in [0, 0.1) is 5.92 Å². The maximum absolute atomic E-state index is 9.96. The van der Waals surface area contributed by atoms with Crippen LogP contribution in [0.3, 0.4) is 0 Å². The SMILES string of the molecule is O=C(O)/C=C/C1CCC1. The smallest absolute Gasteiger partial charge is 0.327 e. The summed E-state index contributed by atoms with van der Waals surface area (Å²) in [7, 11) is 0. The van der Waals surface area contributed by atoms with Crippen LogP contribution in [0.2, 0.25) is 0 Å². The fourth-order valence-corrected chi connectivity index (χ4v) is 0.851. The summed E-state index contributed by atoms with van der Waals surface area (Å²) in [5.74, 6) is -0.275. The third kappa shape index (κ3) is 1.88. The van der Waals surface area contributed by atoms with Gasteiger partial charge in [0.1, 0.15) is 0 Å². The van der Waals surface area contributed by atoms with Gasteiger partial charge in [-0.1, -0.05) is 12.5 Å². The first-order chi connectivity index (χ1) is 4.29. The van der Waals surface area contributed by atoms with Crippen LogP contribution in [0.5, 0.6) is 0 Å². The molecule has 1 aliphatic rings. The van der Waals surface area contributed by atoms with E-state index in [-0.39, 0.29) is 0 Å². The molecule has 0 saturated heterocycles. The lowest BCUT2D eigenvalue weighted by molar-refractivity contribution is -0.131. The van der Waals surface area contributed by atoms with Gasteiger partial charge in [0.15, 0.2) is 0 Å². The van der Waals surface area contributed by atoms with E-state index in [1.807, 2.05) is 0 Å². The molecule has 2 nitrogen and oxygen atoms in total. The van der Waals surface area contributed by atoms with Crippen molar-refractivity contribution in [2.75, 3.05) is 0 Å². The molecule has 1 fully saturated rings. The van der Waals surface area contributed by atoms with Crippen molar-refractivity contribution in [1.29, 1.82) is 0 Å². The summed E-state index contributed by atoms with van der Waals surface area (Å²) in [6.45, 7) is 0. The van der Waals surface area contributed by atoms with E-state index in [0.717, 1.165) is 0 Å². The van der Waals surface area contributed by atoms with E-state index in [1.165, 1.54) is 25.3 Å². The van der Waals surface area contributed by atoms with E-state index in [2.05, 4.69) is 0 Å². The van der Waals surface area contributed by atoms with E-state index < -0.39 is 5.97 Å². The van der Waals surface area contributed by atoms with Crippen molar-refractivity contribution in [3.8, 4) is 0 Å². The van der Waals surface area contributed by atoms with Crippen molar-refractivity contribution in [1.82, 2.24) is 0 Å². The number of carbonyl (C=O) groups is 1. The second-order valence-electron chi connectivity index (χ2n) is 2.39. The molecule has 0 aliphatic heterocycles. The molecule has 1 aliphatic carbocycles. The Bertz CT molecular complexity index is 134. The molecule has 0 spiro atoms. The molecule has 2 heteroatoms. The summed E-state index contributed by atoms with van der Waals surface area (Å²) in [5, 5.41) is 8.20. The molecule has 50 valence electrons. The monoisotopic (exact) mass is 126 g/mol. The van der Waals surface area contributed by atoms with Crippen molar-refractivity contribution in [3.05, 3.63) is 12.2 Å². The molecule has 0 radical (unpaired) electrons. The van der Waals surface area contributed by atoms with Gasteiger partial charge in [-0.2, -0.15) is 0 Å². The molecule has 0 bridgehead atoms. The fourth-order valence-electron chi connectivity index (χ4n) is 0.851. The van der Waals surface area contributed by atoms with Gasteiger partial charge in [-0.15, -0.1) is 0 Å². The van der Waals surface area contributed by atoms with Gasteiger partial charge in [0.05, 0.1) is 0 Å². The predicted octanol–water partition coefficient (Wildman–Crippen LogP) is 1.43. The van der Waals surface area contributed by atoms with Crippen LogP contribution < -0.4 is 0 Å². The van der Waals surface area contributed by atoms with E-state index >= 15 is 0 Å². The highest BCUT2D eigenvalue weighted by atomic mass is 16.4. The first-order valence-corrected chi connectivity index (χ1v) is 3.20. The highest BCUT2D eigenvalue weighted by molar-refractivity contribution is 5.79. The first kappa shape index (κ1) is 6.33. The Morgan fingerprint density at radius 1 is 1.56 bits per heavy atom. The molecule has 9 heavy (non-hydrogen) atoms. The van der Waals surface area contributed by atoms with Crippen LogP contribution in [-0.2, 0) is 4.79 Å². The molecule has 1 rings (SSSR count). The Hall–Kier alpha value is -0.790. The van der Waals surface area contributed by atoms with Crippen molar-refractivity contribution >= 4 is 5.97 Å². The average Bonchev–Trinajstić information content (AvgIpc) is 1.60. The number of carboxylic acids is 1. The minimum absolute atomic E-state index is 0.557. The number of carboxylic acid groups (broad SMARTS) is 1. The van der Waals surface area contributed by atoms with Crippen LogP contribution in [-0.4, -0.2) is 11.1 Å². The predicted molar refractivity (Wildman–Crippen MR) is 34.1 cm³/mol. The summed E-state index contributed by atoms with van der Waals surface area (Å²) in [6, 6.07) is 0. The van der Waals surface area contributed by atoms with Crippen LogP contribution in [0.1, 0.15) is 19.3 Å². The standard InChI is InChI=1S/C7H10O2/c8-7(9)5-4-6-2-1-3-6/h4-6H,1-3H2,(H,8,9)/b5-4+. The highest BCUT2D eigenvalue weighted by Crippen LogP contribution is 2.26. The molecular weight excluding hydrogens is 116 g/mol. The lowest BCUT2D eigenvalue weighted by Crippen LogP contribution is -2.07. The fraction of sp³-hybridized carbons (Fsp3) is 0.571. The zero-order chi connectivity index (χ0) is 6.69. The molecule has 0 atom stereocenters. The molecular formula is C7H10O2. The van der Waals surface area contributed by atoms with Gasteiger partial charge in [-0.3, -0.25) is 0 Å². The number of hydrogen-bond acceptors (Lipinski definition) is 1. The summed E-state index contributed by atoms with van der Waals surface area (Å²) in [6.07, 6.45) is 6.62. The van der Waals surface area contributed by atoms with Crippen LogP contribution in [0.15, 0.2) is 12.2 Å². The molecule has 0 aromatic rings. The maximum atomic E-state index is 9.96. The van der Waals surface area contributed by atoms with Gasteiger partial charge >= 0.3 is 5.97 Å². The van der Waals surface area contributed by atoms with Crippen molar-refractivity contribution in [2.24, 2.45) is 5.92 Å². The van der Waals surface area contributed by atoms with Crippen molar-refractivity contribution in [3.63, 3.8) is 0 Å². The summed E-state index contributed by atoms with van der Waals surface area (Å²) >= 11 is 0. The number of aliphatic carboxylic acids is 1. The molecule has 0 heterocycles. The number of hydrogen-bond donors (Lipinski definition) is 1. The molecule has 0 unspecified atom stereocenters. The second-order valence-corrected chi connectivity index (χ2v) is 2.39. The second kappa shape index (κ2) is 2.67. The number of rotatable bonds is 2. The lowest BCUT2D eigenvalue weighted by atomic mass is 9.85. The lowest BCUT2D eigenvalue weighted by Gasteiger charge is -2.20. The Balaban J connectivity index is 2.22. The minimum atomic E-state index is -0.832. The van der Waals surface area contributed by atoms with Gasteiger partial charge in [0, 0.05) is 6.08 Å². The van der Waals surface area contributed by atoms with Gasteiger partial charge < -0.3 is 5.11 Å². The maximum Gasteiger partial charge on any atom is 0.327 e. The van der Waals surface area contributed by atoms with Crippen LogP contribution in [0.25, 0.3) is 0 Å². The van der Waals surface area contributed by atoms with Crippen molar-refractivity contribution < 1.29 is 9.90 Å². The van der Waals surface area contributed by atoms with Crippen molar-refractivity contribution in [2.45, 2.75) is 19.3 Å². The molecule has 1 N–H and O–H groups in total. The Morgan fingerprint density at radius 3 is 2.56 bits per heavy atom. The molecule has 0 amide bonds. The largest absolute Gasteiger partial charge is 0.478 e. The summed E-state index contributed by atoms with van der Waals surface area (Å²) in [5.41, 5.74) is 0. The van der Waals surface area contributed by atoms with Crippen LogP contribution >= 0.6 is 0 Å². The Kier molecular flexibility index (Phi) is 1.88. The topological polar surface area (TPSA) is 37.3 Å². The van der Waals surface area contributed by atoms with Gasteiger partial charge in [-0.25, -0.2) is 4.79 Å². The summed E-state index contributed by atoms with van der Waals surface area (Å²) < 4.78 is 0. The van der Waals surface area contributed by atoms with Crippen LogP contribution in [0.4, 0.5) is 0 Å². The highest BCUT2D eigenvalue weighted by Gasteiger charge is 2.13. The van der Waals surface area contributed by atoms with E-state index in [0.29, 0.717) is 5.92 Å². The van der Waals surface area contributed by atoms with E-state index in [1.54, 1.807) is 6.08 Å². The zero-order valence-corrected chi connectivity index (χ0v) is 5.21. The van der Waals surface area contributed by atoms with E-state index in [9.17, 15) is 4.79 Å². The third-order valence-electron chi connectivity index (χ3n) is 1.66. The van der Waals surface area contributed by atoms with Gasteiger partial charge in [0.25, 0.3) is 0 Å². The summed E-state index contributed by atoms with van der Waals surface area (Å²) in [4.78, 5) is 9.96. The molecule has 1 saturated carbocycles. The van der Waals surface area contributed by atoms with E-state index in [4.69, 9.17) is 5.11 Å². The first-order valence-electron chi connectivity index (χ1n) is 3.20. The average molecular weight is 126 g/mol. The zero-order valence-electron chi connectivity index (χ0n) is 5.21. The Morgan fingerprint density at radius 2 is 2.22 bits per heavy atom. The number of allylic oxidation sites excluding steroid dienone is 1. The third-order valence-corrected chi connectivity index (χ3v) is 1.66. The molecule has 0 aromatic heterocycles. The molecule has 0 aromatic carbocycles. The van der Waals surface area contributed by atoms with Gasteiger partial charge in [-0.05, 0) is 18.8 Å².